The van der Waals surface area contributed by atoms with Gasteiger partial charge in [-0.1, -0.05) is 35.9 Å². The maximum Gasteiger partial charge on any atom is 0.245 e. The van der Waals surface area contributed by atoms with E-state index in [1.54, 1.807) is 12.1 Å². The minimum absolute atomic E-state index is 0.111. The van der Waals surface area contributed by atoms with Gasteiger partial charge in [0.15, 0.2) is 4.80 Å². The molecule has 1 aliphatic rings. The summed E-state index contributed by atoms with van der Waals surface area (Å²) in [4.78, 5) is 5.61. The third kappa shape index (κ3) is 4.36. The van der Waals surface area contributed by atoms with Gasteiger partial charge in [-0.05, 0) is 38.1 Å². The number of benzene rings is 2. The Morgan fingerprint density at radius 1 is 1.10 bits per heavy atom. The van der Waals surface area contributed by atoms with Crippen LogP contribution >= 0.6 is 22.9 Å². The molecule has 6 nitrogen and oxygen atoms in total. The molecule has 0 saturated carbocycles. The molecule has 1 aromatic heterocycles. The molecule has 0 amide bonds. The topological polar surface area (TPSA) is 63.9 Å². The predicted molar refractivity (Wildman–Crippen MR) is 124 cm³/mol. The zero-order valence-corrected chi connectivity index (χ0v) is 19.9. The maximum atomic E-state index is 13.5. The molecule has 0 spiro atoms. The maximum absolute atomic E-state index is 13.5. The fraction of sp³-hybridized carbons (Fsp3) is 0.318. The number of nitrogens with zero attached hydrogens (tertiary/aromatic N) is 3. The van der Waals surface area contributed by atoms with Crippen molar-refractivity contribution in [3.8, 4) is 11.3 Å². The second-order valence-electron chi connectivity index (χ2n) is 7.63. The van der Waals surface area contributed by atoms with Crippen molar-refractivity contribution in [1.29, 1.82) is 0 Å². The molecule has 3 aromatic rings. The van der Waals surface area contributed by atoms with Crippen LogP contribution in [0, 0.1) is 0 Å². The molecule has 2 unspecified atom stereocenters. The van der Waals surface area contributed by atoms with Crippen molar-refractivity contribution in [1.82, 2.24) is 8.87 Å². The van der Waals surface area contributed by atoms with E-state index < -0.39 is 10.0 Å². The number of hydrogen-bond donors (Lipinski definition) is 0. The van der Waals surface area contributed by atoms with Gasteiger partial charge in [-0.3, -0.25) is 0 Å². The Hall–Kier alpha value is -1.97. The van der Waals surface area contributed by atoms with Crippen LogP contribution in [0.15, 0.2) is 63.8 Å². The van der Waals surface area contributed by atoms with Crippen molar-refractivity contribution in [2.75, 3.05) is 13.2 Å². The summed E-state index contributed by atoms with van der Waals surface area (Å²) in [6.45, 7) is 4.43. The summed E-state index contributed by atoms with van der Waals surface area (Å²) >= 11 is 7.87. The molecule has 2 atom stereocenters. The molecule has 2 heterocycles. The van der Waals surface area contributed by atoms with Gasteiger partial charge in [0, 0.05) is 30.1 Å². The number of sulfonamides is 1. The third-order valence-electron chi connectivity index (χ3n) is 5.27. The first-order valence-electron chi connectivity index (χ1n) is 9.94. The Morgan fingerprint density at radius 2 is 1.77 bits per heavy atom. The molecular weight excluding hydrogens is 454 g/mol. The summed E-state index contributed by atoms with van der Waals surface area (Å²) in [5.41, 5.74) is 2.50. The molecule has 0 radical (unpaired) electrons. The van der Waals surface area contributed by atoms with E-state index in [0.29, 0.717) is 13.2 Å². The Morgan fingerprint density at radius 3 is 2.45 bits per heavy atom. The van der Waals surface area contributed by atoms with Crippen molar-refractivity contribution >= 4 is 38.6 Å². The van der Waals surface area contributed by atoms with Gasteiger partial charge in [-0.2, -0.15) is 4.31 Å². The number of aromatic nitrogens is 1. The summed E-state index contributed by atoms with van der Waals surface area (Å²) in [6, 6.07) is 14.3. The number of thiazole rings is 1. The molecule has 4 rings (SSSR count). The van der Waals surface area contributed by atoms with Gasteiger partial charge in [0.05, 0.1) is 29.6 Å². The van der Waals surface area contributed by atoms with Gasteiger partial charge in [0.25, 0.3) is 0 Å². The van der Waals surface area contributed by atoms with Crippen LogP contribution in [-0.2, 0) is 21.8 Å². The lowest BCUT2D eigenvalue weighted by Gasteiger charge is -2.37. The Balaban J connectivity index is 1.77. The molecule has 1 fully saturated rings. The second-order valence-corrected chi connectivity index (χ2v) is 10.7. The Labute approximate surface area is 191 Å². The first-order chi connectivity index (χ1) is 14.8. The van der Waals surface area contributed by atoms with E-state index in [1.165, 1.54) is 15.6 Å². The van der Waals surface area contributed by atoms with Gasteiger partial charge in [-0.15, -0.1) is 11.3 Å². The van der Waals surface area contributed by atoms with Crippen LogP contribution in [0.25, 0.3) is 11.3 Å². The van der Waals surface area contributed by atoms with Gasteiger partial charge < -0.3 is 9.30 Å². The molecule has 0 N–H and O–H groups in total. The quantitative estimate of drug-likeness (QED) is 0.558. The van der Waals surface area contributed by atoms with E-state index >= 15 is 0 Å². The van der Waals surface area contributed by atoms with Gasteiger partial charge in [0.2, 0.25) is 10.0 Å². The zero-order valence-electron chi connectivity index (χ0n) is 17.5. The van der Waals surface area contributed by atoms with Crippen LogP contribution in [0.2, 0.25) is 5.02 Å². The highest BCUT2D eigenvalue weighted by Gasteiger charge is 2.37. The predicted octanol–water partition coefficient (Wildman–Crippen LogP) is 4.44. The summed E-state index contributed by atoms with van der Waals surface area (Å²) in [7, 11) is -1.86. The largest absolute Gasteiger partial charge is 0.378 e. The highest BCUT2D eigenvalue weighted by molar-refractivity contribution is 7.89. The SMILES string of the molecule is CC1COCC(C)N1S(=O)(=O)c1cc(-c2csc(=Nc3ccccc3)n2C)ccc1Cl. The van der Waals surface area contributed by atoms with Crippen molar-refractivity contribution in [2.24, 2.45) is 12.0 Å². The van der Waals surface area contributed by atoms with Crippen LogP contribution in [0.4, 0.5) is 5.69 Å². The molecule has 1 aliphatic heterocycles. The summed E-state index contributed by atoms with van der Waals surface area (Å²) in [5.74, 6) is 0. The van der Waals surface area contributed by atoms with Crippen molar-refractivity contribution in [2.45, 2.75) is 30.8 Å². The first kappa shape index (κ1) is 22.2. The number of rotatable bonds is 4. The standard InChI is InChI=1S/C22H24ClN3O3S2/c1-15-12-29-13-16(2)26(15)31(27,28)21-11-17(9-10-19(21)23)20-14-30-22(25(20)3)24-18-7-5-4-6-8-18/h4-11,14-16H,12-13H2,1-3H3. The molecule has 164 valence electrons. The van der Waals surface area contributed by atoms with E-state index in [4.69, 9.17) is 16.3 Å². The van der Waals surface area contributed by atoms with E-state index in [1.807, 2.05) is 67.2 Å². The van der Waals surface area contributed by atoms with E-state index in [0.717, 1.165) is 21.7 Å². The van der Waals surface area contributed by atoms with Crippen LogP contribution in [-0.4, -0.2) is 42.6 Å². The number of hydrogen-bond acceptors (Lipinski definition) is 5. The van der Waals surface area contributed by atoms with Crippen molar-refractivity contribution < 1.29 is 13.2 Å². The van der Waals surface area contributed by atoms with Gasteiger partial charge >= 0.3 is 0 Å². The zero-order chi connectivity index (χ0) is 22.2. The monoisotopic (exact) mass is 477 g/mol. The number of halogens is 1. The van der Waals surface area contributed by atoms with E-state index in [2.05, 4.69) is 4.99 Å². The van der Waals surface area contributed by atoms with Crippen LogP contribution in [0.1, 0.15) is 13.8 Å². The lowest BCUT2D eigenvalue weighted by molar-refractivity contribution is 0.00636. The third-order valence-corrected chi connectivity index (χ3v) is 8.80. The summed E-state index contributed by atoms with van der Waals surface area (Å²) in [6.07, 6.45) is 0. The van der Waals surface area contributed by atoms with E-state index in [9.17, 15) is 8.42 Å². The minimum Gasteiger partial charge on any atom is -0.378 e. The summed E-state index contributed by atoms with van der Waals surface area (Å²) < 4.78 is 36.0. The van der Waals surface area contributed by atoms with Crippen molar-refractivity contribution in [3.05, 3.63) is 63.7 Å². The minimum atomic E-state index is -3.78. The van der Waals surface area contributed by atoms with Gasteiger partial charge in [-0.25, -0.2) is 13.4 Å². The normalized spacial score (nSPS) is 20.8. The fourth-order valence-corrected chi connectivity index (χ4v) is 7.01. The Kier molecular flexibility index (Phi) is 6.37. The average Bonchev–Trinajstić information content (AvgIpc) is 3.09. The van der Waals surface area contributed by atoms with Crippen LogP contribution in [0.3, 0.4) is 0 Å². The lowest BCUT2D eigenvalue weighted by atomic mass is 10.2. The molecule has 31 heavy (non-hydrogen) atoms. The number of para-hydroxylation sites is 1. The molecular formula is C22H24ClN3O3S2. The molecule has 1 saturated heterocycles. The van der Waals surface area contributed by atoms with E-state index in [-0.39, 0.29) is 22.0 Å². The first-order valence-corrected chi connectivity index (χ1v) is 12.6. The molecule has 2 aromatic carbocycles. The molecule has 9 heteroatoms. The second kappa shape index (κ2) is 8.88. The van der Waals surface area contributed by atoms with Crippen LogP contribution in [0.5, 0.6) is 0 Å². The number of ether oxygens (including phenoxy) is 1. The average molecular weight is 478 g/mol. The lowest BCUT2D eigenvalue weighted by Crippen LogP contribution is -2.52. The summed E-state index contributed by atoms with van der Waals surface area (Å²) in [5, 5.41) is 2.18. The molecule has 0 bridgehead atoms. The highest BCUT2D eigenvalue weighted by atomic mass is 35.5. The molecule has 0 aliphatic carbocycles. The van der Waals surface area contributed by atoms with Crippen molar-refractivity contribution in [3.63, 3.8) is 0 Å². The fourth-order valence-electron chi connectivity index (χ4n) is 3.78. The van der Waals surface area contributed by atoms with Gasteiger partial charge in [0.1, 0.15) is 4.90 Å². The highest BCUT2D eigenvalue weighted by Crippen LogP contribution is 2.33. The Bertz CT molecular complexity index is 1240. The van der Waals surface area contributed by atoms with Crippen LogP contribution < -0.4 is 4.80 Å². The number of morpholine rings is 1. The smallest absolute Gasteiger partial charge is 0.245 e.